The normalized spacial score (nSPS) is 14.7. The number of rotatable bonds is 7. The minimum atomic E-state index is -2.50. The minimum Gasteiger partial charge on any atom is -0.493 e. The molecule has 0 radical (unpaired) electrons. The van der Waals surface area contributed by atoms with Crippen molar-refractivity contribution in [2.75, 3.05) is 19.0 Å². The highest BCUT2D eigenvalue weighted by molar-refractivity contribution is 7.74. The molecule has 3 amide bonds. The summed E-state index contributed by atoms with van der Waals surface area (Å²) < 4.78 is 29.0. The number of carbonyl (C=O) groups excluding carboxylic acids is 3. The maximum Gasteiger partial charge on any atom is 0.357 e. The number of hydrogen-bond acceptors (Lipinski definition) is 6. The summed E-state index contributed by atoms with van der Waals surface area (Å²) in [5.74, 6) is -1.12. The van der Waals surface area contributed by atoms with E-state index >= 15 is 0 Å². The van der Waals surface area contributed by atoms with Gasteiger partial charge in [-0.15, -0.1) is 0 Å². The second-order valence-corrected chi connectivity index (χ2v) is 5.23. The molecule has 9 nitrogen and oxygen atoms in total. The third-order valence-electron chi connectivity index (χ3n) is 3.07. The zero-order chi connectivity index (χ0) is 17.7. The summed E-state index contributed by atoms with van der Waals surface area (Å²) in [5, 5.41) is 2.57. The fraction of sp³-hybridized carbons (Fsp3) is 0.214. The average molecular weight is 354 g/mol. The highest BCUT2D eigenvalue weighted by Gasteiger charge is 2.23. The van der Waals surface area contributed by atoms with Gasteiger partial charge in [0.1, 0.15) is 0 Å². The van der Waals surface area contributed by atoms with Crippen LogP contribution in [0, 0.1) is 0 Å². The smallest absolute Gasteiger partial charge is 0.357 e. The maximum atomic E-state index is 11.9. The number of imide groups is 1. The molecule has 1 heterocycles. The third-order valence-corrected chi connectivity index (χ3v) is 3.39. The van der Waals surface area contributed by atoms with Gasteiger partial charge in [-0.1, -0.05) is 0 Å². The standard InChI is InChI=1S/C14H14N2O7S/c1-22-11-8-9(2-3-10(11)23-24(20)21)15-12(17)6-7-16-13(18)4-5-14(16)19/h2-5,8H,6-7H2,1H3,(H,15,17)(H,20,21). The Morgan fingerprint density at radius 3 is 2.50 bits per heavy atom. The molecule has 1 aromatic rings. The van der Waals surface area contributed by atoms with E-state index in [0.29, 0.717) is 5.69 Å². The number of carbonyl (C=O) groups is 3. The molecule has 0 aliphatic carbocycles. The first-order valence-corrected chi connectivity index (χ1v) is 7.74. The van der Waals surface area contributed by atoms with Crippen molar-refractivity contribution >= 4 is 34.8 Å². The lowest BCUT2D eigenvalue weighted by atomic mass is 10.2. The lowest BCUT2D eigenvalue weighted by molar-refractivity contribution is -0.137. The molecule has 2 rings (SSSR count). The van der Waals surface area contributed by atoms with Crippen molar-refractivity contribution in [3.8, 4) is 11.5 Å². The Morgan fingerprint density at radius 1 is 1.25 bits per heavy atom. The molecule has 2 N–H and O–H groups in total. The van der Waals surface area contributed by atoms with Crippen LogP contribution >= 0.6 is 0 Å². The fourth-order valence-corrected chi connectivity index (χ4v) is 2.27. The molecule has 128 valence electrons. The van der Waals surface area contributed by atoms with E-state index in [1.54, 1.807) is 0 Å². The number of methoxy groups -OCH3 is 1. The monoisotopic (exact) mass is 354 g/mol. The zero-order valence-corrected chi connectivity index (χ0v) is 13.4. The molecule has 1 aliphatic heterocycles. The molecule has 1 atom stereocenters. The van der Waals surface area contributed by atoms with Crippen LogP contribution in [0.15, 0.2) is 30.4 Å². The van der Waals surface area contributed by atoms with Crippen LogP contribution in [0.4, 0.5) is 5.69 Å². The lowest BCUT2D eigenvalue weighted by Gasteiger charge is -2.14. The molecular formula is C14H14N2O7S. The second kappa shape index (κ2) is 7.70. The van der Waals surface area contributed by atoms with Gasteiger partial charge in [0, 0.05) is 36.9 Å². The van der Waals surface area contributed by atoms with Crippen molar-refractivity contribution in [1.82, 2.24) is 4.90 Å². The molecule has 0 spiro atoms. The van der Waals surface area contributed by atoms with Crippen LogP contribution in [-0.4, -0.2) is 45.0 Å². The van der Waals surface area contributed by atoms with Crippen molar-refractivity contribution in [3.63, 3.8) is 0 Å². The van der Waals surface area contributed by atoms with Gasteiger partial charge >= 0.3 is 11.4 Å². The molecule has 0 saturated carbocycles. The Kier molecular flexibility index (Phi) is 5.66. The highest BCUT2D eigenvalue weighted by atomic mass is 32.2. The molecule has 0 saturated heterocycles. The fourth-order valence-electron chi connectivity index (χ4n) is 1.98. The first kappa shape index (κ1) is 17.6. The van der Waals surface area contributed by atoms with E-state index < -0.39 is 29.1 Å². The predicted molar refractivity (Wildman–Crippen MR) is 83.5 cm³/mol. The van der Waals surface area contributed by atoms with E-state index in [4.69, 9.17) is 9.29 Å². The summed E-state index contributed by atoms with van der Waals surface area (Å²) in [6.07, 6.45) is 2.23. The largest absolute Gasteiger partial charge is 0.493 e. The topological polar surface area (TPSA) is 122 Å². The van der Waals surface area contributed by atoms with Crippen LogP contribution in [0.5, 0.6) is 11.5 Å². The van der Waals surface area contributed by atoms with Gasteiger partial charge in [0.05, 0.1) is 7.11 Å². The van der Waals surface area contributed by atoms with Crippen LogP contribution in [0.3, 0.4) is 0 Å². The molecule has 1 aliphatic rings. The van der Waals surface area contributed by atoms with E-state index in [1.165, 1.54) is 25.3 Å². The Hall–Kier alpha value is -2.72. The summed E-state index contributed by atoms with van der Waals surface area (Å²) in [6, 6.07) is 4.23. The Bertz CT molecular complexity index is 714. The van der Waals surface area contributed by atoms with Crippen LogP contribution < -0.4 is 14.2 Å². The third kappa shape index (κ3) is 4.40. The molecule has 0 bridgehead atoms. The number of ether oxygens (including phenoxy) is 1. The molecule has 10 heteroatoms. The van der Waals surface area contributed by atoms with E-state index in [1.807, 2.05) is 0 Å². The van der Waals surface area contributed by atoms with Gasteiger partial charge in [0.2, 0.25) is 5.91 Å². The van der Waals surface area contributed by atoms with Crippen LogP contribution in [0.2, 0.25) is 0 Å². The minimum absolute atomic E-state index is 0.0294. The van der Waals surface area contributed by atoms with Crippen LogP contribution in [0.1, 0.15) is 6.42 Å². The number of hydrogen-bond donors (Lipinski definition) is 2. The van der Waals surface area contributed by atoms with Gasteiger partial charge in [0.15, 0.2) is 11.5 Å². The first-order chi connectivity index (χ1) is 11.4. The van der Waals surface area contributed by atoms with Crippen molar-refractivity contribution in [3.05, 3.63) is 30.4 Å². The zero-order valence-electron chi connectivity index (χ0n) is 12.6. The quantitative estimate of drug-likeness (QED) is 0.539. The summed E-state index contributed by atoms with van der Waals surface area (Å²) in [6.45, 7) is -0.0294. The summed E-state index contributed by atoms with van der Waals surface area (Å²) in [4.78, 5) is 35.6. The predicted octanol–water partition coefficient (Wildman–Crippen LogP) is 0.464. The number of amides is 3. The number of benzene rings is 1. The van der Waals surface area contributed by atoms with E-state index in [2.05, 4.69) is 9.50 Å². The van der Waals surface area contributed by atoms with Crippen molar-refractivity contribution < 1.29 is 32.1 Å². The highest BCUT2D eigenvalue weighted by Crippen LogP contribution is 2.30. The van der Waals surface area contributed by atoms with Crippen molar-refractivity contribution in [2.45, 2.75) is 6.42 Å². The summed E-state index contributed by atoms with van der Waals surface area (Å²) >= 11 is -2.50. The van der Waals surface area contributed by atoms with Crippen LogP contribution in [0.25, 0.3) is 0 Å². The Balaban J connectivity index is 1.95. The van der Waals surface area contributed by atoms with Gasteiger partial charge < -0.3 is 14.2 Å². The molecular weight excluding hydrogens is 340 g/mol. The van der Waals surface area contributed by atoms with Crippen molar-refractivity contribution in [1.29, 1.82) is 0 Å². The van der Waals surface area contributed by atoms with Gasteiger partial charge in [0.25, 0.3) is 11.8 Å². The van der Waals surface area contributed by atoms with Gasteiger partial charge in [-0.3, -0.25) is 23.8 Å². The molecule has 1 unspecified atom stereocenters. The summed E-state index contributed by atoms with van der Waals surface area (Å²) in [5.41, 5.74) is 0.366. The number of anilines is 1. The Labute approximate surface area is 139 Å². The van der Waals surface area contributed by atoms with Gasteiger partial charge in [-0.2, -0.15) is 4.21 Å². The summed E-state index contributed by atoms with van der Waals surface area (Å²) in [7, 11) is 1.34. The van der Waals surface area contributed by atoms with Gasteiger partial charge in [-0.25, -0.2) is 0 Å². The number of nitrogens with one attached hydrogen (secondary N) is 1. The first-order valence-electron chi connectivity index (χ1n) is 6.71. The van der Waals surface area contributed by atoms with Crippen molar-refractivity contribution in [2.24, 2.45) is 0 Å². The number of nitrogens with zero attached hydrogens (tertiary/aromatic N) is 1. The molecule has 24 heavy (non-hydrogen) atoms. The van der Waals surface area contributed by atoms with E-state index in [9.17, 15) is 18.6 Å². The molecule has 1 aromatic carbocycles. The van der Waals surface area contributed by atoms with E-state index in [0.717, 1.165) is 17.1 Å². The maximum absolute atomic E-state index is 11.9. The van der Waals surface area contributed by atoms with Gasteiger partial charge in [-0.05, 0) is 12.1 Å². The molecule has 0 fully saturated rings. The Morgan fingerprint density at radius 2 is 1.92 bits per heavy atom. The van der Waals surface area contributed by atoms with E-state index in [-0.39, 0.29) is 24.5 Å². The average Bonchev–Trinajstić information content (AvgIpc) is 2.85. The lowest BCUT2D eigenvalue weighted by Crippen LogP contribution is -2.33. The second-order valence-electron chi connectivity index (χ2n) is 4.63. The SMILES string of the molecule is COc1cc(NC(=O)CCN2C(=O)C=CC2=O)ccc1OS(=O)O. The molecule has 0 aromatic heterocycles. The van der Waals surface area contributed by atoms with Crippen LogP contribution in [-0.2, 0) is 25.7 Å².